The molecule has 0 saturated carbocycles. The summed E-state index contributed by atoms with van der Waals surface area (Å²) in [4.78, 5) is 38.3. The molecule has 1 aromatic carbocycles. The quantitative estimate of drug-likeness (QED) is 0.548. The maximum atomic E-state index is 12.4. The van der Waals surface area contributed by atoms with Crippen LogP contribution in [0.1, 0.15) is 21.5 Å². The van der Waals surface area contributed by atoms with Gasteiger partial charge in [0.15, 0.2) is 11.5 Å². The number of furan rings is 1. The van der Waals surface area contributed by atoms with Crippen LogP contribution in [0.2, 0.25) is 0 Å². The number of para-hydroxylation sites is 1. The lowest BCUT2D eigenvalue weighted by atomic mass is 10.1. The van der Waals surface area contributed by atoms with E-state index in [9.17, 15) is 14.4 Å². The second-order valence-electron chi connectivity index (χ2n) is 6.28. The number of carbonyl (C=O) groups is 1. The first-order chi connectivity index (χ1) is 13.4. The van der Waals surface area contributed by atoms with Crippen LogP contribution in [0, 0.1) is 13.8 Å². The van der Waals surface area contributed by atoms with E-state index in [1.165, 1.54) is 25.3 Å². The average molecular weight is 377 g/mol. The number of ether oxygens (including phenoxy) is 1. The summed E-state index contributed by atoms with van der Waals surface area (Å²) < 4.78 is 16.6. The van der Waals surface area contributed by atoms with Crippen molar-refractivity contribution in [2.24, 2.45) is 0 Å². The summed E-state index contributed by atoms with van der Waals surface area (Å²) in [5.41, 5.74) is 0.440. The summed E-state index contributed by atoms with van der Waals surface area (Å²) in [7, 11) is 0. The Bertz CT molecular complexity index is 1270. The van der Waals surface area contributed by atoms with Gasteiger partial charge in [-0.15, -0.1) is 0 Å². The van der Waals surface area contributed by atoms with Gasteiger partial charge in [0.25, 0.3) is 0 Å². The molecule has 3 heterocycles. The molecule has 1 N–H and O–H groups in total. The highest BCUT2D eigenvalue weighted by Gasteiger charge is 2.22. The van der Waals surface area contributed by atoms with Crippen LogP contribution >= 0.6 is 0 Å². The predicted molar refractivity (Wildman–Crippen MR) is 102 cm³/mol. The van der Waals surface area contributed by atoms with Crippen molar-refractivity contribution in [2.45, 2.75) is 13.8 Å². The fraction of sp³-hybridized carbons (Fsp3) is 0.0952. The van der Waals surface area contributed by atoms with Crippen LogP contribution in [0.3, 0.4) is 0 Å². The second kappa shape index (κ2) is 6.70. The normalized spacial score (nSPS) is 10.9. The van der Waals surface area contributed by atoms with E-state index in [0.29, 0.717) is 16.9 Å². The second-order valence-corrected chi connectivity index (χ2v) is 6.28. The van der Waals surface area contributed by atoms with E-state index in [0.717, 1.165) is 5.39 Å². The number of nitrogens with one attached hydrogen (secondary N) is 1. The maximum Gasteiger partial charge on any atom is 0.345 e. The summed E-state index contributed by atoms with van der Waals surface area (Å²) in [6, 6.07) is 11.7. The monoisotopic (exact) mass is 377 g/mol. The van der Waals surface area contributed by atoms with E-state index in [1.807, 2.05) is 18.2 Å². The molecule has 0 aliphatic heterocycles. The van der Waals surface area contributed by atoms with Gasteiger partial charge in [0.1, 0.15) is 11.3 Å². The molecular formula is C21H15NO6. The van der Waals surface area contributed by atoms with Crippen molar-refractivity contribution < 1.29 is 18.4 Å². The van der Waals surface area contributed by atoms with Gasteiger partial charge < -0.3 is 18.6 Å². The third-order valence-electron chi connectivity index (χ3n) is 4.39. The molecule has 28 heavy (non-hydrogen) atoms. The molecule has 0 amide bonds. The zero-order valence-corrected chi connectivity index (χ0v) is 15.1. The molecule has 0 fully saturated rings. The Morgan fingerprint density at radius 1 is 1.00 bits per heavy atom. The minimum absolute atomic E-state index is 0.0999. The molecule has 4 rings (SSSR count). The largest absolute Gasteiger partial charge is 0.453 e. The van der Waals surface area contributed by atoms with Crippen LogP contribution in [0.25, 0.3) is 22.5 Å². The molecule has 0 aliphatic rings. The van der Waals surface area contributed by atoms with E-state index >= 15 is 0 Å². The highest BCUT2D eigenvalue weighted by Crippen LogP contribution is 2.34. The molecule has 0 aliphatic carbocycles. The van der Waals surface area contributed by atoms with Crippen molar-refractivity contribution in [1.29, 1.82) is 0 Å². The van der Waals surface area contributed by atoms with Gasteiger partial charge in [-0.3, -0.25) is 4.79 Å². The van der Waals surface area contributed by atoms with E-state index in [-0.39, 0.29) is 28.2 Å². The van der Waals surface area contributed by atoms with Crippen LogP contribution in [-0.2, 0) is 0 Å². The SMILES string of the molecule is Cc1c(-c2cc3ccccc3o2)oc(=O)c(C)c1OC(=O)c1ccc(=O)[nH]c1. The minimum atomic E-state index is -0.705. The van der Waals surface area contributed by atoms with Gasteiger partial charge >= 0.3 is 11.6 Å². The van der Waals surface area contributed by atoms with Gasteiger partial charge in [-0.05, 0) is 32.0 Å². The van der Waals surface area contributed by atoms with Gasteiger partial charge in [-0.25, -0.2) is 9.59 Å². The van der Waals surface area contributed by atoms with Crippen molar-refractivity contribution in [1.82, 2.24) is 4.98 Å². The van der Waals surface area contributed by atoms with Crippen molar-refractivity contribution in [3.8, 4) is 17.3 Å². The Kier molecular flexibility index (Phi) is 4.19. The number of aromatic nitrogens is 1. The number of carbonyl (C=O) groups excluding carboxylic acids is 1. The summed E-state index contributed by atoms with van der Waals surface area (Å²) in [5.74, 6) is -0.0558. The van der Waals surface area contributed by atoms with Gasteiger partial charge in [-0.1, -0.05) is 18.2 Å². The zero-order valence-electron chi connectivity index (χ0n) is 15.1. The summed E-state index contributed by atoms with van der Waals surface area (Å²) in [6.07, 6.45) is 1.25. The molecular weight excluding hydrogens is 362 g/mol. The third-order valence-corrected chi connectivity index (χ3v) is 4.39. The lowest BCUT2D eigenvalue weighted by molar-refractivity contribution is 0.0730. The molecule has 0 bridgehead atoms. The van der Waals surface area contributed by atoms with Crippen molar-refractivity contribution in [2.75, 3.05) is 0 Å². The Labute approximate surface area is 158 Å². The zero-order chi connectivity index (χ0) is 19.8. The van der Waals surface area contributed by atoms with Crippen molar-refractivity contribution in [3.63, 3.8) is 0 Å². The fourth-order valence-electron chi connectivity index (χ4n) is 2.89. The van der Waals surface area contributed by atoms with Gasteiger partial charge in [0.05, 0.1) is 11.1 Å². The average Bonchev–Trinajstić information content (AvgIpc) is 3.12. The first kappa shape index (κ1) is 17.5. The molecule has 0 saturated heterocycles. The molecule has 3 aromatic heterocycles. The van der Waals surface area contributed by atoms with Gasteiger partial charge in [0.2, 0.25) is 5.56 Å². The first-order valence-electron chi connectivity index (χ1n) is 8.48. The number of hydrogen-bond acceptors (Lipinski definition) is 6. The summed E-state index contributed by atoms with van der Waals surface area (Å²) in [6.45, 7) is 3.19. The number of aromatic amines is 1. The van der Waals surface area contributed by atoms with E-state index < -0.39 is 11.6 Å². The number of pyridine rings is 1. The molecule has 7 heteroatoms. The third kappa shape index (κ3) is 3.03. The van der Waals surface area contributed by atoms with Crippen LogP contribution in [0.4, 0.5) is 0 Å². The number of rotatable bonds is 3. The Morgan fingerprint density at radius 3 is 2.50 bits per heavy atom. The van der Waals surface area contributed by atoms with Crippen LogP contribution in [0.5, 0.6) is 5.75 Å². The maximum absolute atomic E-state index is 12.4. The smallest absolute Gasteiger partial charge is 0.345 e. The number of benzene rings is 1. The van der Waals surface area contributed by atoms with Gasteiger partial charge in [0, 0.05) is 23.2 Å². The Morgan fingerprint density at radius 2 is 1.79 bits per heavy atom. The van der Waals surface area contributed by atoms with Crippen molar-refractivity contribution in [3.05, 3.63) is 86.1 Å². The fourth-order valence-corrected chi connectivity index (χ4v) is 2.89. The molecule has 7 nitrogen and oxygen atoms in total. The molecule has 0 atom stereocenters. The molecule has 4 aromatic rings. The van der Waals surface area contributed by atoms with Crippen LogP contribution in [0.15, 0.2) is 67.1 Å². The Hall–Kier alpha value is -3.87. The number of H-pyrrole nitrogens is 1. The van der Waals surface area contributed by atoms with Gasteiger partial charge in [-0.2, -0.15) is 0 Å². The standard InChI is InChI=1S/C21H15NO6/c1-11-18(27-21(25)14-7-8-17(23)22-10-14)12(2)20(24)28-19(11)16-9-13-5-3-4-6-15(13)26-16/h3-10H,1-2H3,(H,22,23). The topological polar surface area (TPSA) is 103 Å². The Balaban J connectivity index is 1.79. The van der Waals surface area contributed by atoms with Crippen LogP contribution < -0.4 is 15.9 Å². The highest BCUT2D eigenvalue weighted by molar-refractivity contribution is 5.91. The minimum Gasteiger partial charge on any atom is -0.453 e. The lowest BCUT2D eigenvalue weighted by Gasteiger charge is -2.11. The molecule has 0 radical (unpaired) electrons. The van der Waals surface area contributed by atoms with Crippen molar-refractivity contribution >= 4 is 16.9 Å². The van der Waals surface area contributed by atoms with E-state index in [2.05, 4.69) is 4.98 Å². The summed E-state index contributed by atoms with van der Waals surface area (Å²) in [5, 5.41) is 0.854. The molecule has 0 spiro atoms. The number of fused-ring (bicyclic) bond motifs is 1. The first-order valence-corrected chi connectivity index (χ1v) is 8.48. The highest BCUT2D eigenvalue weighted by atomic mass is 16.5. The summed E-state index contributed by atoms with van der Waals surface area (Å²) >= 11 is 0. The molecule has 140 valence electrons. The predicted octanol–water partition coefficient (Wildman–Crippen LogP) is 3.58. The number of hydrogen-bond donors (Lipinski definition) is 1. The van der Waals surface area contributed by atoms with E-state index in [1.54, 1.807) is 19.1 Å². The number of esters is 1. The van der Waals surface area contributed by atoms with Crippen LogP contribution in [-0.4, -0.2) is 11.0 Å². The van der Waals surface area contributed by atoms with E-state index in [4.69, 9.17) is 13.6 Å². The molecule has 0 unspecified atom stereocenters. The lowest BCUT2D eigenvalue weighted by Crippen LogP contribution is -2.16.